The van der Waals surface area contributed by atoms with Gasteiger partial charge >= 0.3 is 12.1 Å². The van der Waals surface area contributed by atoms with Crippen molar-refractivity contribution < 1.29 is 27.2 Å². The van der Waals surface area contributed by atoms with Crippen LogP contribution in [0.2, 0.25) is 0 Å². The summed E-state index contributed by atoms with van der Waals surface area (Å²) in [7, 11) is 0. The van der Waals surface area contributed by atoms with Crippen molar-refractivity contribution in [3.8, 4) is 17.3 Å². The van der Waals surface area contributed by atoms with E-state index in [9.17, 15) is 18.0 Å². The van der Waals surface area contributed by atoms with Gasteiger partial charge in [-0.2, -0.15) is 18.2 Å². The summed E-state index contributed by atoms with van der Waals surface area (Å²) in [4.78, 5) is 25.4. The van der Waals surface area contributed by atoms with Crippen LogP contribution in [0.1, 0.15) is 22.7 Å². The Labute approximate surface area is 162 Å². The summed E-state index contributed by atoms with van der Waals surface area (Å²) in [5, 5.41) is 3.31. The number of halogens is 3. The number of ether oxygens (including phenoxy) is 1. The van der Waals surface area contributed by atoms with E-state index in [4.69, 9.17) is 4.74 Å². The predicted octanol–water partition coefficient (Wildman–Crippen LogP) is 2.84. The molecule has 0 radical (unpaired) electrons. The first-order valence-electron chi connectivity index (χ1n) is 8.63. The number of carbonyl (C=O) groups excluding carboxylic acids is 1. The fraction of sp³-hybridized carbons (Fsp3) is 0.278. The summed E-state index contributed by atoms with van der Waals surface area (Å²) in [6, 6.07) is 6.30. The first-order valence-corrected chi connectivity index (χ1v) is 8.63. The third kappa shape index (κ3) is 4.18. The molecule has 1 unspecified atom stereocenters. The van der Waals surface area contributed by atoms with Gasteiger partial charge in [0.1, 0.15) is 6.10 Å². The van der Waals surface area contributed by atoms with Crippen LogP contribution in [-0.2, 0) is 6.18 Å². The number of hydrogen-bond acceptors (Lipinski definition) is 7. The Kier molecular flexibility index (Phi) is 4.87. The molecular weight excluding hydrogens is 391 g/mol. The molecule has 1 atom stereocenters. The van der Waals surface area contributed by atoms with Gasteiger partial charge in [-0.05, 0) is 18.2 Å². The molecule has 0 aromatic carbocycles. The van der Waals surface area contributed by atoms with E-state index in [1.54, 1.807) is 29.4 Å². The van der Waals surface area contributed by atoms with E-state index >= 15 is 0 Å². The van der Waals surface area contributed by atoms with Crippen molar-refractivity contribution in [2.24, 2.45) is 0 Å². The highest BCUT2D eigenvalue weighted by atomic mass is 19.4. The monoisotopic (exact) mass is 405 g/mol. The van der Waals surface area contributed by atoms with Gasteiger partial charge in [0.2, 0.25) is 11.7 Å². The van der Waals surface area contributed by atoms with Gasteiger partial charge in [0, 0.05) is 48.7 Å². The Hall–Kier alpha value is -3.50. The average Bonchev–Trinajstić information content (AvgIpc) is 3.38. The van der Waals surface area contributed by atoms with Gasteiger partial charge in [0.25, 0.3) is 5.91 Å². The van der Waals surface area contributed by atoms with Crippen LogP contribution < -0.4 is 4.74 Å². The minimum absolute atomic E-state index is 0.0978. The fourth-order valence-electron chi connectivity index (χ4n) is 2.89. The normalized spacial score (nSPS) is 16.8. The number of rotatable bonds is 4. The zero-order valence-electron chi connectivity index (χ0n) is 14.8. The van der Waals surface area contributed by atoms with Crippen LogP contribution in [0, 0.1) is 0 Å². The van der Waals surface area contributed by atoms with Crippen LogP contribution >= 0.6 is 0 Å². The van der Waals surface area contributed by atoms with Crippen LogP contribution in [-0.4, -0.2) is 50.1 Å². The quantitative estimate of drug-likeness (QED) is 0.659. The van der Waals surface area contributed by atoms with Crippen molar-refractivity contribution in [1.29, 1.82) is 0 Å². The minimum Gasteiger partial charge on any atom is -0.472 e. The molecule has 0 spiro atoms. The van der Waals surface area contributed by atoms with E-state index in [0.29, 0.717) is 25.1 Å². The van der Waals surface area contributed by atoms with Crippen molar-refractivity contribution in [3.63, 3.8) is 0 Å². The minimum atomic E-state index is -4.70. The van der Waals surface area contributed by atoms with Crippen LogP contribution in [0.3, 0.4) is 0 Å². The molecule has 0 bridgehead atoms. The van der Waals surface area contributed by atoms with Crippen LogP contribution in [0.15, 0.2) is 47.4 Å². The molecule has 8 nitrogen and oxygen atoms in total. The van der Waals surface area contributed by atoms with E-state index in [1.807, 2.05) is 0 Å². The van der Waals surface area contributed by atoms with E-state index in [1.165, 1.54) is 18.3 Å². The van der Waals surface area contributed by atoms with Gasteiger partial charge in [-0.3, -0.25) is 9.78 Å². The summed E-state index contributed by atoms with van der Waals surface area (Å²) in [5.41, 5.74) is 0.818. The van der Waals surface area contributed by atoms with Gasteiger partial charge in [0.05, 0.1) is 6.54 Å². The Morgan fingerprint density at radius 1 is 1.21 bits per heavy atom. The molecule has 11 heteroatoms. The van der Waals surface area contributed by atoms with Crippen LogP contribution in [0.25, 0.3) is 11.4 Å². The third-order valence-electron chi connectivity index (χ3n) is 4.31. The number of carbonyl (C=O) groups is 1. The molecular formula is C18H14F3N5O3. The van der Waals surface area contributed by atoms with E-state index < -0.39 is 12.1 Å². The van der Waals surface area contributed by atoms with E-state index in [2.05, 4.69) is 24.6 Å². The van der Waals surface area contributed by atoms with Crippen LogP contribution in [0.5, 0.6) is 5.88 Å². The first-order chi connectivity index (χ1) is 13.9. The maximum atomic E-state index is 12.5. The lowest BCUT2D eigenvalue weighted by Gasteiger charge is -2.17. The summed E-state index contributed by atoms with van der Waals surface area (Å²) in [5.74, 6) is -1.44. The maximum Gasteiger partial charge on any atom is 0.471 e. The smallest absolute Gasteiger partial charge is 0.471 e. The number of nitrogens with zero attached hydrogens (tertiary/aromatic N) is 5. The molecule has 0 saturated carbocycles. The number of alkyl halides is 3. The number of likely N-dealkylation sites (tertiary alicyclic amines) is 1. The predicted molar refractivity (Wildman–Crippen MR) is 91.7 cm³/mol. The standard InChI is InChI=1S/C18H14F3N5O3/c19-18(20,21)17-24-15(25-29-17)12-1-2-14(23-9-12)28-13-5-8-26(10-13)16(27)11-3-6-22-7-4-11/h1-4,6-7,9,13H,5,8,10H2. The molecule has 1 fully saturated rings. The molecule has 4 heterocycles. The number of amides is 1. The Morgan fingerprint density at radius 2 is 2.00 bits per heavy atom. The lowest BCUT2D eigenvalue weighted by atomic mass is 10.2. The number of hydrogen-bond donors (Lipinski definition) is 0. The molecule has 1 aliphatic heterocycles. The second kappa shape index (κ2) is 7.49. The topological polar surface area (TPSA) is 94.2 Å². The van der Waals surface area contributed by atoms with Crippen molar-refractivity contribution >= 4 is 5.91 Å². The zero-order chi connectivity index (χ0) is 20.4. The van der Waals surface area contributed by atoms with Gasteiger partial charge in [-0.25, -0.2) is 4.98 Å². The molecule has 3 aromatic heterocycles. The highest BCUT2D eigenvalue weighted by Gasteiger charge is 2.38. The molecule has 4 rings (SSSR count). The van der Waals surface area contributed by atoms with Crippen molar-refractivity contribution in [2.45, 2.75) is 18.7 Å². The second-order valence-corrected chi connectivity index (χ2v) is 6.32. The van der Waals surface area contributed by atoms with Gasteiger partial charge in [0.15, 0.2) is 0 Å². The number of aromatic nitrogens is 4. The highest BCUT2D eigenvalue weighted by Crippen LogP contribution is 2.29. The van der Waals surface area contributed by atoms with Gasteiger partial charge in [-0.1, -0.05) is 5.16 Å². The Morgan fingerprint density at radius 3 is 2.66 bits per heavy atom. The third-order valence-corrected chi connectivity index (χ3v) is 4.31. The molecule has 150 valence electrons. The molecule has 29 heavy (non-hydrogen) atoms. The first kappa shape index (κ1) is 18.8. The zero-order valence-corrected chi connectivity index (χ0v) is 14.8. The number of pyridine rings is 2. The van der Waals surface area contributed by atoms with E-state index in [0.717, 1.165) is 0 Å². The second-order valence-electron chi connectivity index (χ2n) is 6.32. The summed E-state index contributed by atoms with van der Waals surface area (Å²) < 4.78 is 47.6. The lowest BCUT2D eigenvalue weighted by Crippen LogP contribution is -2.31. The maximum absolute atomic E-state index is 12.5. The molecule has 3 aromatic rings. The van der Waals surface area contributed by atoms with Crippen molar-refractivity contribution in [1.82, 2.24) is 25.0 Å². The SMILES string of the molecule is O=C(c1ccncc1)N1CCC(Oc2ccc(-c3noc(C(F)(F)F)n3)cn2)C1. The van der Waals surface area contributed by atoms with Crippen LogP contribution in [0.4, 0.5) is 13.2 Å². The van der Waals surface area contributed by atoms with Gasteiger partial charge < -0.3 is 14.2 Å². The Bertz CT molecular complexity index is 992. The average molecular weight is 405 g/mol. The molecule has 1 aliphatic rings. The summed E-state index contributed by atoms with van der Waals surface area (Å²) in [6.45, 7) is 0.956. The lowest BCUT2D eigenvalue weighted by molar-refractivity contribution is -0.159. The Balaban J connectivity index is 1.37. The molecule has 0 N–H and O–H groups in total. The fourth-order valence-corrected chi connectivity index (χ4v) is 2.89. The molecule has 0 aliphatic carbocycles. The molecule has 1 saturated heterocycles. The van der Waals surface area contributed by atoms with Gasteiger partial charge in [-0.15, -0.1) is 0 Å². The van der Waals surface area contributed by atoms with E-state index in [-0.39, 0.29) is 29.3 Å². The largest absolute Gasteiger partial charge is 0.472 e. The molecule has 1 amide bonds. The van der Waals surface area contributed by atoms with Crippen molar-refractivity contribution in [2.75, 3.05) is 13.1 Å². The summed E-state index contributed by atoms with van der Waals surface area (Å²) in [6.07, 6.45) is 0.119. The highest BCUT2D eigenvalue weighted by molar-refractivity contribution is 5.94. The van der Waals surface area contributed by atoms with Crippen molar-refractivity contribution in [3.05, 3.63) is 54.3 Å². The summed E-state index contributed by atoms with van der Waals surface area (Å²) >= 11 is 0.